The summed E-state index contributed by atoms with van der Waals surface area (Å²) in [5.74, 6) is 1.46. The van der Waals surface area contributed by atoms with Crippen molar-refractivity contribution >= 4 is 11.9 Å². The number of carbonyl (C=O) groups is 1. The Morgan fingerprint density at radius 3 is 2.79 bits per heavy atom. The first-order valence-electron chi connectivity index (χ1n) is 8.42. The summed E-state index contributed by atoms with van der Waals surface area (Å²) in [5.41, 5.74) is 2.13. The maximum atomic E-state index is 12.9. The number of fused-ring (bicyclic) bond motifs is 1. The van der Waals surface area contributed by atoms with Crippen LogP contribution in [0, 0.1) is 18.8 Å². The zero-order valence-corrected chi connectivity index (χ0v) is 13.8. The molecular formula is C18H21N5O. The van der Waals surface area contributed by atoms with Crippen LogP contribution in [0.4, 0.5) is 5.95 Å². The van der Waals surface area contributed by atoms with Crippen LogP contribution < -0.4 is 4.90 Å². The number of aryl methyl sites for hydroxylation is 1. The van der Waals surface area contributed by atoms with Gasteiger partial charge in [0.25, 0.3) is 0 Å². The van der Waals surface area contributed by atoms with Gasteiger partial charge in [0.05, 0.1) is 5.92 Å². The Hall–Kier alpha value is -2.50. The number of amides is 1. The smallest absolute Gasteiger partial charge is 0.228 e. The number of hydrogen-bond donors (Lipinski definition) is 0. The lowest BCUT2D eigenvalue weighted by Crippen LogP contribution is -2.44. The van der Waals surface area contributed by atoms with Crippen LogP contribution in [-0.4, -0.2) is 45.4 Å². The van der Waals surface area contributed by atoms with Crippen molar-refractivity contribution < 1.29 is 4.79 Å². The average Bonchev–Trinajstić information content (AvgIpc) is 3.04. The number of pyridine rings is 1. The number of likely N-dealkylation sites (tertiary alicyclic amines) is 1. The molecule has 2 atom stereocenters. The Morgan fingerprint density at radius 2 is 2.04 bits per heavy atom. The number of rotatable bonds is 3. The quantitative estimate of drug-likeness (QED) is 0.860. The van der Waals surface area contributed by atoms with Gasteiger partial charge in [-0.1, -0.05) is 6.07 Å². The molecule has 2 fully saturated rings. The van der Waals surface area contributed by atoms with Crippen LogP contribution in [0.25, 0.3) is 0 Å². The average molecular weight is 323 g/mol. The molecule has 0 saturated carbocycles. The van der Waals surface area contributed by atoms with Gasteiger partial charge in [0.2, 0.25) is 11.9 Å². The van der Waals surface area contributed by atoms with E-state index < -0.39 is 0 Å². The van der Waals surface area contributed by atoms with Crippen LogP contribution in [-0.2, 0) is 11.3 Å². The van der Waals surface area contributed by atoms with Gasteiger partial charge in [-0.2, -0.15) is 0 Å². The number of nitrogens with zero attached hydrogens (tertiary/aromatic N) is 5. The van der Waals surface area contributed by atoms with E-state index in [-0.39, 0.29) is 11.8 Å². The van der Waals surface area contributed by atoms with Gasteiger partial charge in [-0.3, -0.25) is 9.78 Å². The second-order valence-electron chi connectivity index (χ2n) is 6.74. The molecule has 2 aromatic heterocycles. The van der Waals surface area contributed by atoms with E-state index >= 15 is 0 Å². The molecule has 6 nitrogen and oxygen atoms in total. The van der Waals surface area contributed by atoms with E-state index in [0.717, 1.165) is 43.1 Å². The van der Waals surface area contributed by atoms with Gasteiger partial charge in [0.15, 0.2) is 0 Å². The minimum absolute atomic E-state index is 0.0559. The topological polar surface area (TPSA) is 62.2 Å². The minimum Gasteiger partial charge on any atom is -0.340 e. The lowest BCUT2D eigenvalue weighted by molar-refractivity contribution is -0.140. The van der Waals surface area contributed by atoms with Crippen molar-refractivity contribution in [2.45, 2.75) is 19.9 Å². The van der Waals surface area contributed by atoms with E-state index in [1.54, 1.807) is 6.20 Å². The van der Waals surface area contributed by atoms with Crippen molar-refractivity contribution in [2.24, 2.45) is 11.8 Å². The van der Waals surface area contributed by atoms with Crippen LogP contribution in [0.3, 0.4) is 0 Å². The van der Waals surface area contributed by atoms with E-state index in [4.69, 9.17) is 0 Å². The molecule has 2 aromatic rings. The van der Waals surface area contributed by atoms with Gasteiger partial charge in [-0.15, -0.1) is 0 Å². The maximum Gasteiger partial charge on any atom is 0.228 e. The molecule has 0 bridgehead atoms. The molecule has 2 aliphatic rings. The molecule has 0 aliphatic carbocycles. The summed E-state index contributed by atoms with van der Waals surface area (Å²) in [5, 5.41) is 0. The number of anilines is 1. The molecule has 2 saturated heterocycles. The zero-order chi connectivity index (χ0) is 16.5. The number of aromatic nitrogens is 3. The van der Waals surface area contributed by atoms with Crippen molar-refractivity contribution in [1.29, 1.82) is 0 Å². The summed E-state index contributed by atoms with van der Waals surface area (Å²) in [7, 11) is 0. The molecule has 1 amide bonds. The fourth-order valence-electron chi connectivity index (χ4n) is 3.69. The van der Waals surface area contributed by atoms with Crippen LogP contribution in [0.1, 0.15) is 17.5 Å². The fraction of sp³-hybridized carbons (Fsp3) is 0.444. The van der Waals surface area contributed by atoms with E-state index in [1.807, 2.05) is 42.5 Å². The molecule has 124 valence electrons. The normalized spacial score (nSPS) is 23.5. The van der Waals surface area contributed by atoms with Gasteiger partial charge in [-0.05, 0) is 36.5 Å². The number of carbonyl (C=O) groups excluding carboxylic acids is 1. The standard InChI is InChI=1S/C18H21N5O/c1-13-7-20-18(21-8-13)23-11-15-4-6-22(17(24)16(15)12-23)10-14-3-2-5-19-9-14/h2-3,5,7-9,15-16H,4,6,10-12H2,1H3/t15-,16-/m0/s1. The first kappa shape index (κ1) is 15.1. The first-order valence-corrected chi connectivity index (χ1v) is 8.42. The number of hydrogen-bond acceptors (Lipinski definition) is 5. The Kier molecular flexibility index (Phi) is 3.88. The largest absolute Gasteiger partial charge is 0.340 e. The third-order valence-electron chi connectivity index (χ3n) is 4.99. The molecular weight excluding hydrogens is 302 g/mol. The van der Waals surface area contributed by atoms with Gasteiger partial charge in [-0.25, -0.2) is 9.97 Å². The Labute approximate surface area is 141 Å². The van der Waals surface area contributed by atoms with E-state index in [1.165, 1.54) is 0 Å². The summed E-state index contributed by atoms with van der Waals surface area (Å²) in [6.07, 6.45) is 8.30. The number of piperidine rings is 1. The Morgan fingerprint density at radius 1 is 1.21 bits per heavy atom. The van der Waals surface area contributed by atoms with Gasteiger partial charge in [0.1, 0.15) is 0 Å². The van der Waals surface area contributed by atoms with Crippen molar-refractivity contribution in [2.75, 3.05) is 24.5 Å². The van der Waals surface area contributed by atoms with Crippen LogP contribution in [0.2, 0.25) is 0 Å². The zero-order valence-electron chi connectivity index (χ0n) is 13.8. The van der Waals surface area contributed by atoms with Gasteiger partial charge < -0.3 is 9.80 Å². The van der Waals surface area contributed by atoms with Gasteiger partial charge in [0, 0.05) is 51.0 Å². The maximum absolute atomic E-state index is 12.9. The van der Waals surface area contributed by atoms with Crippen molar-refractivity contribution in [3.63, 3.8) is 0 Å². The highest BCUT2D eigenvalue weighted by Gasteiger charge is 2.43. The predicted octanol–water partition coefficient (Wildman–Crippen LogP) is 1.66. The molecule has 6 heteroatoms. The van der Waals surface area contributed by atoms with E-state index in [0.29, 0.717) is 12.5 Å². The second kappa shape index (κ2) is 6.19. The Balaban J connectivity index is 1.46. The highest BCUT2D eigenvalue weighted by atomic mass is 16.2. The lowest BCUT2D eigenvalue weighted by atomic mass is 9.88. The molecule has 4 heterocycles. The lowest BCUT2D eigenvalue weighted by Gasteiger charge is -2.33. The molecule has 0 N–H and O–H groups in total. The minimum atomic E-state index is 0.0559. The van der Waals surface area contributed by atoms with Gasteiger partial charge >= 0.3 is 0 Å². The van der Waals surface area contributed by atoms with Crippen LogP contribution in [0.15, 0.2) is 36.9 Å². The van der Waals surface area contributed by atoms with Crippen molar-refractivity contribution in [1.82, 2.24) is 19.9 Å². The van der Waals surface area contributed by atoms with Crippen LogP contribution >= 0.6 is 0 Å². The fourth-order valence-corrected chi connectivity index (χ4v) is 3.69. The molecule has 4 rings (SSSR count). The second-order valence-corrected chi connectivity index (χ2v) is 6.74. The summed E-state index contributed by atoms with van der Waals surface area (Å²) in [6.45, 7) is 5.04. The summed E-state index contributed by atoms with van der Waals surface area (Å²) >= 11 is 0. The summed E-state index contributed by atoms with van der Waals surface area (Å²) in [6, 6.07) is 3.94. The summed E-state index contributed by atoms with van der Waals surface area (Å²) < 4.78 is 0. The highest BCUT2D eigenvalue weighted by molar-refractivity contribution is 5.81. The van der Waals surface area contributed by atoms with Crippen molar-refractivity contribution in [3.05, 3.63) is 48.0 Å². The molecule has 0 unspecified atom stereocenters. The SMILES string of the molecule is Cc1cnc(N2C[C@@H]3CCN(Cc4cccnc4)C(=O)[C@H]3C2)nc1. The molecule has 2 aliphatic heterocycles. The van der Waals surface area contributed by atoms with Crippen LogP contribution in [0.5, 0.6) is 0 Å². The van der Waals surface area contributed by atoms with E-state index in [9.17, 15) is 4.79 Å². The third kappa shape index (κ3) is 2.84. The molecule has 0 radical (unpaired) electrons. The van der Waals surface area contributed by atoms with E-state index in [2.05, 4.69) is 19.9 Å². The molecule has 24 heavy (non-hydrogen) atoms. The molecule has 0 aromatic carbocycles. The highest BCUT2D eigenvalue weighted by Crippen LogP contribution is 2.34. The summed E-state index contributed by atoms with van der Waals surface area (Å²) in [4.78, 5) is 30.0. The third-order valence-corrected chi connectivity index (χ3v) is 4.99. The predicted molar refractivity (Wildman–Crippen MR) is 90.2 cm³/mol. The monoisotopic (exact) mass is 323 g/mol. The molecule has 0 spiro atoms. The van der Waals surface area contributed by atoms with Crippen molar-refractivity contribution in [3.8, 4) is 0 Å². The first-order chi connectivity index (χ1) is 11.7. The Bertz CT molecular complexity index is 718.